The van der Waals surface area contributed by atoms with Crippen molar-refractivity contribution < 1.29 is 0 Å². The lowest BCUT2D eigenvalue weighted by Crippen LogP contribution is -2.36. The van der Waals surface area contributed by atoms with E-state index in [0.29, 0.717) is 18.1 Å². The lowest BCUT2D eigenvalue weighted by Gasteiger charge is -2.23. The second-order valence-corrected chi connectivity index (χ2v) is 5.27. The molecule has 3 atom stereocenters. The SMILES string of the molecule is C1CNC(CN=C2NC3CCCCC3N2)C1. The van der Waals surface area contributed by atoms with Crippen LogP contribution in [-0.2, 0) is 0 Å². The first-order valence-electron chi connectivity index (χ1n) is 6.73. The minimum absolute atomic E-state index is 0.610. The molecule has 16 heavy (non-hydrogen) atoms. The molecule has 4 heteroatoms. The molecule has 0 radical (unpaired) electrons. The average molecular weight is 222 g/mol. The Bertz CT molecular complexity index is 254. The molecular formula is C12H22N4. The van der Waals surface area contributed by atoms with Gasteiger partial charge in [0.05, 0.1) is 6.54 Å². The average Bonchev–Trinajstić information content (AvgIpc) is 2.95. The lowest BCUT2D eigenvalue weighted by atomic mass is 9.92. The van der Waals surface area contributed by atoms with Crippen LogP contribution in [0.1, 0.15) is 38.5 Å². The smallest absolute Gasteiger partial charge is 0.191 e. The van der Waals surface area contributed by atoms with E-state index in [1.807, 2.05) is 0 Å². The Kier molecular flexibility index (Phi) is 3.00. The van der Waals surface area contributed by atoms with Gasteiger partial charge in [0.2, 0.25) is 0 Å². The number of fused-ring (bicyclic) bond motifs is 1. The Labute approximate surface area is 97.3 Å². The fraction of sp³-hybridized carbons (Fsp3) is 0.917. The zero-order valence-corrected chi connectivity index (χ0v) is 9.84. The summed E-state index contributed by atoms with van der Waals surface area (Å²) in [5, 5.41) is 10.5. The second kappa shape index (κ2) is 4.62. The van der Waals surface area contributed by atoms with E-state index in [0.717, 1.165) is 12.5 Å². The van der Waals surface area contributed by atoms with Gasteiger partial charge in [0.25, 0.3) is 0 Å². The summed E-state index contributed by atoms with van der Waals surface area (Å²) in [7, 11) is 0. The minimum atomic E-state index is 0.610. The third-order valence-electron chi connectivity index (χ3n) is 4.04. The van der Waals surface area contributed by atoms with Gasteiger partial charge in [-0.15, -0.1) is 0 Å². The topological polar surface area (TPSA) is 48.5 Å². The van der Waals surface area contributed by atoms with Crippen LogP contribution in [-0.4, -0.2) is 37.2 Å². The van der Waals surface area contributed by atoms with Crippen molar-refractivity contribution in [3.8, 4) is 0 Å². The van der Waals surface area contributed by atoms with Crippen molar-refractivity contribution in [3.63, 3.8) is 0 Å². The summed E-state index contributed by atoms with van der Waals surface area (Å²) in [5.41, 5.74) is 0. The largest absolute Gasteiger partial charge is 0.352 e. The third kappa shape index (κ3) is 2.17. The van der Waals surface area contributed by atoms with Gasteiger partial charge in [-0.05, 0) is 32.2 Å². The van der Waals surface area contributed by atoms with E-state index in [-0.39, 0.29) is 0 Å². The van der Waals surface area contributed by atoms with Crippen molar-refractivity contribution >= 4 is 5.96 Å². The Morgan fingerprint density at radius 1 is 1.00 bits per heavy atom. The molecule has 90 valence electrons. The number of aliphatic imine (C=N–C) groups is 1. The molecule has 2 saturated heterocycles. The summed E-state index contributed by atoms with van der Waals surface area (Å²) in [6.45, 7) is 2.09. The van der Waals surface area contributed by atoms with Gasteiger partial charge in [0, 0.05) is 18.1 Å². The van der Waals surface area contributed by atoms with Crippen molar-refractivity contribution in [1.29, 1.82) is 0 Å². The van der Waals surface area contributed by atoms with Crippen molar-refractivity contribution in [2.75, 3.05) is 13.1 Å². The zero-order chi connectivity index (χ0) is 10.8. The molecule has 0 amide bonds. The molecular weight excluding hydrogens is 200 g/mol. The van der Waals surface area contributed by atoms with Gasteiger partial charge in [0.1, 0.15) is 0 Å². The van der Waals surface area contributed by atoms with Crippen LogP contribution in [0.5, 0.6) is 0 Å². The van der Waals surface area contributed by atoms with E-state index in [1.165, 1.54) is 45.1 Å². The van der Waals surface area contributed by atoms with E-state index >= 15 is 0 Å². The molecule has 0 spiro atoms. The highest BCUT2D eigenvalue weighted by Crippen LogP contribution is 2.21. The molecule has 3 aliphatic rings. The van der Waals surface area contributed by atoms with Gasteiger partial charge in [0.15, 0.2) is 5.96 Å². The van der Waals surface area contributed by atoms with E-state index in [2.05, 4.69) is 20.9 Å². The van der Waals surface area contributed by atoms with Crippen molar-refractivity contribution in [2.45, 2.75) is 56.7 Å². The maximum Gasteiger partial charge on any atom is 0.191 e. The minimum Gasteiger partial charge on any atom is -0.352 e. The normalized spacial score (nSPS) is 37.8. The maximum absolute atomic E-state index is 4.66. The molecule has 3 fully saturated rings. The number of hydrogen-bond donors (Lipinski definition) is 3. The fourth-order valence-corrected chi connectivity index (χ4v) is 3.07. The first-order chi connectivity index (χ1) is 7.92. The highest BCUT2D eigenvalue weighted by atomic mass is 15.3. The molecule has 2 aliphatic heterocycles. The summed E-state index contributed by atoms with van der Waals surface area (Å²) in [6, 6.07) is 1.90. The Hall–Kier alpha value is -0.770. The highest BCUT2D eigenvalue weighted by Gasteiger charge is 2.32. The number of rotatable bonds is 2. The number of guanidine groups is 1. The van der Waals surface area contributed by atoms with Crippen molar-refractivity contribution in [3.05, 3.63) is 0 Å². The lowest BCUT2D eigenvalue weighted by molar-refractivity contribution is 0.374. The molecule has 0 aromatic heterocycles. The molecule has 0 aromatic rings. The zero-order valence-electron chi connectivity index (χ0n) is 9.84. The van der Waals surface area contributed by atoms with Gasteiger partial charge in [-0.1, -0.05) is 12.8 Å². The predicted octanol–water partition coefficient (Wildman–Crippen LogP) is 0.598. The van der Waals surface area contributed by atoms with Crippen molar-refractivity contribution in [2.24, 2.45) is 4.99 Å². The molecule has 2 heterocycles. The van der Waals surface area contributed by atoms with Crippen LogP contribution in [0.15, 0.2) is 4.99 Å². The first kappa shape index (κ1) is 10.4. The molecule has 0 bridgehead atoms. The number of nitrogens with zero attached hydrogens (tertiary/aromatic N) is 1. The summed E-state index contributed by atoms with van der Waals surface area (Å²) in [5.74, 6) is 1.05. The summed E-state index contributed by atoms with van der Waals surface area (Å²) in [6.07, 6.45) is 7.93. The molecule has 1 saturated carbocycles. The van der Waals surface area contributed by atoms with Gasteiger partial charge in [-0.3, -0.25) is 4.99 Å². The van der Waals surface area contributed by atoms with E-state index in [1.54, 1.807) is 0 Å². The highest BCUT2D eigenvalue weighted by molar-refractivity contribution is 5.83. The van der Waals surface area contributed by atoms with E-state index in [4.69, 9.17) is 0 Å². The van der Waals surface area contributed by atoms with Gasteiger partial charge in [-0.2, -0.15) is 0 Å². The van der Waals surface area contributed by atoms with Crippen LogP contribution in [0, 0.1) is 0 Å². The first-order valence-corrected chi connectivity index (χ1v) is 6.73. The summed E-state index contributed by atoms with van der Waals surface area (Å²) in [4.78, 5) is 4.66. The van der Waals surface area contributed by atoms with Crippen LogP contribution < -0.4 is 16.0 Å². The molecule has 4 nitrogen and oxygen atoms in total. The predicted molar refractivity (Wildman–Crippen MR) is 65.6 cm³/mol. The molecule has 3 rings (SSSR count). The maximum atomic E-state index is 4.66. The monoisotopic (exact) mass is 222 g/mol. The van der Waals surface area contributed by atoms with Gasteiger partial charge in [-0.25, -0.2) is 0 Å². The van der Waals surface area contributed by atoms with Crippen LogP contribution in [0.4, 0.5) is 0 Å². The van der Waals surface area contributed by atoms with Crippen LogP contribution in [0.3, 0.4) is 0 Å². The molecule has 0 aromatic carbocycles. The molecule has 3 N–H and O–H groups in total. The van der Waals surface area contributed by atoms with E-state index in [9.17, 15) is 0 Å². The molecule has 1 aliphatic carbocycles. The van der Waals surface area contributed by atoms with Gasteiger partial charge >= 0.3 is 0 Å². The van der Waals surface area contributed by atoms with Crippen LogP contribution >= 0.6 is 0 Å². The Balaban J connectivity index is 1.53. The third-order valence-corrected chi connectivity index (χ3v) is 4.04. The Morgan fingerprint density at radius 2 is 1.75 bits per heavy atom. The van der Waals surface area contributed by atoms with Crippen LogP contribution in [0.2, 0.25) is 0 Å². The quantitative estimate of drug-likeness (QED) is 0.641. The summed E-state index contributed by atoms with van der Waals surface area (Å²) < 4.78 is 0. The summed E-state index contributed by atoms with van der Waals surface area (Å²) >= 11 is 0. The van der Waals surface area contributed by atoms with Crippen LogP contribution in [0.25, 0.3) is 0 Å². The van der Waals surface area contributed by atoms with Gasteiger partial charge < -0.3 is 16.0 Å². The fourth-order valence-electron chi connectivity index (χ4n) is 3.07. The van der Waals surface area contributed by atoms with Crippen molar-refractivity contribution in [1.82, 2.24) is 16.0 Å². The van der Waals surface area contributed by atoms with E-state index < -0.39 is 0 Å². The number of hydrogen-bond acceptors (Lipinski definition) is 2. The second-order valence-electron chi connectivity index (χ2n) is 5.27. The Morgan fingerprint density at radius 3 is 2.38 bits per heavy atom. The standard InChI is InChI=1S/C12H22N4/c1-2-6-11-10(5-1)15-12(16-11)14-8-9-4-3-7-13-9/h9-11,13H,1-8H2,(H2,14,15,16). The molecule has 3 unspecified atom stereocenters. The number of nitrogens with one attached hydrogen (secondary N) is 3.